The molecule has 0 spiro atoms. The number of anilines is 1. The van der Waals surface area contributed by atoms with Gasteiger partial charge in [0.25, 0.3) is 0 Å². The number of aryl methyl sites for hydroxylation is 1. The molecule has 1 atom stereocenters. The fourth-order valence-electron chi connectivity index (χ4n) is 4.20. The quantitative estimate of drug-likeness (QED) is 0.540. The third-order valence-electron chi connectivity index (χ3n) is 5.75. The molecule has 0 bridgehead atoms. The minimum Gasteiger partial charge on any atom is -0.383 e. The van der Waals surface area contributed by atoms with Gasteiger partial charge in [0, 0.05) is 11.1 Å². The van der Waals surface area contributed by atoms with Gasteiger partial charge in [0.1, 0.15) is 17.8 Å². The van der Waals surface area contributed by atoms with Crippen molar-refractivity contribution < 1.29 is 4.79 Å². The molecule has 0 fully saturated rings. The summed E-state index contributed by atoms with van der Waals surface area (Å²) in [6.07, 6.45) is 4.43. The van der Waals surface area contributed by atoms with Crippen LogP contribution in [0.1, 0.15) is 40.9 Å². The number of hydrogen-bond acceptors (Lipinski definition) is 5. The van der Waals surface area contributed by atoms with Crippen LogP contribution >= 0.6 is 0 Å². The van der Waals surface area contributed by atoms with Crippen molar-refractivity contribution in [3.63, 3.8) is 0 Å². The van der Waals surface area contributed by atoms with Crippen molar-refractivity contribution >= 4 is 22.6 Å². The van der Waals surface area contributed by atoms with E-state index in [1.165, 1.54) is 17.5 Å². The molecule has 1 unspecified atom stereocenters. The zero-order chi connectivity index (χ0) is 20.0. The number of Topliss-reactive ketones (excluding diaryl/α,β-unsaturated/α-hetero) is 1. The Balaban J connectivity index is 1.63. The number of nitrogen functional groups attached to an aromatic ring is 1. The molecule has 0 saturated carbocycles. The Bertz CT molecular complexity index is 1230. The van der Waals surface area contributed by atoms with E-state index in [1.807, 2.05) is 28.9 Å². The van der Waals surface area contributed by atoms with E-state index in [4.69, 9.17) is 10.8 Å². The van der Waals surface area contributed by atoms with Crippen LogP contribution in [0.15, 0.2) is 54.9 Å². The van der Waals surface area contributed by atoms with Gasteiger partial charge in [0.05, 0.1) is 11.4 Å². The molecule has 0 saturated heterocycles. The lowest BCUT2D eigenvalue weighted by molar-refractivity contribution is 0.101. The molecule has 2 aromatic carbocycles. The number of benzene rings is 2. The van der Waals surface area contributed by atoms with Crippen molar-refractivity contribution in [1.29, 1.82) is 0 Å². The zero-order valence-electron chi connectivity index (χ0n) is 16.2. The van der Waals surface area contributed by atoms with Crippen LogP contribution in [-0.2, 0) is 12.8 Å². The Morgan fingerprint density at radius 3 is 2.59 bits per heavy atom. The van der Waals surface area contributed by atoms with Crippen molar-refractivity contribution in [3.05, 3.63) is 71.5 Å². The summed E-state index contributed by atoms with van der Waals surface area (Å²) in [7, 11) is 0. The largest absolute Gasteiger partial charge is 0.383 e. The normalized spacial score (nSPS) is 16.0. The van der Waals surface area contributed by atoms with Crippen LogP contribution in [0.3, 0.4) is 0 Å². The highest BCUT2D eigenvalue weighted by molar-refractivity contribution is 5.99. The van der Waals surface area contributed by atoms with E-state index in [-0.39, 0.29) is 11.8 Å². The summed E-state index contributed by atoms with van der Waals surface area (Å²) in [6.45, 7) is 1.56. The van der Waals surface area contributed by atoms with E-state index in [0.29, 0.717) is 11.4 Å². The first-order chi connectivity index (χ1) is 14.1. The second kappa shape index (κ2) is 6.81. The molecule has 5 rings (SSSR count). The van der Waals surface area contributed by atoms with E-state index in [9.17, 15) is 4.79 Å². The van der Waals surface area contributed by atoms with Crippen molar-refractivity contribution in [3.8, 4) is 11.3 Å². The third kappa shape index (κ3) is 2.97. The van der Waals surface area contributed by atoms with Gasteiger partial charge >= 0.3 is 0 Å². The highest BCUT2D eigenvalue weighted by atomic mass is 16.1. The van der Waals surface area contributed by atoms with Crippen LogP contribution in [0.4, 0.5) is 5.82 Å². The summed E-state index contributed by atoms with van der Waals surface area (Å²) in [5.41, 5.74) is 12.1. The molecule has 0 radical (unpaired) electrons. The van der Waals surface area contributed by atoms with Gasteiger partial charge in [-0.25, -0.2) is 14.6 Å². The lowest BCUT2D eigenvalue weighted by atomic mass is 9.88. The Kier molecular flexibility index (Phi) is 4.12. The van der Waals surface area contributed by atoms with Crippen molar-refractivity contribution in [1.82, 2.24) is 19.7 Å². The van der Waals surface area contributed by atoms with Gasteiger partial charge in [-0.15, -0.1) is 0 Å². The van der Waals surface area contributed by atoms with Crippen molar-refractivity contribution in [2.24, 2.45) is 0 Å². The van der Waals surface area contributed by atoms with Gasteiger partial charge < -0.3 is 5.73 Å². The summed E-state index contributed by atoms with van der Waals surface area (Å²) in [5, 5.41) is 5.71. The number of nitrogens with two attached hydrogens (primary N) is 1. The molecule has 29 heavy (non-hydrogen) atoms. The van der Waals surface area contributed by atoms with Crippen LogP contribution in [0.25, 0.3) is 22.3 Å². The fourth-order valence-corrected chi connectivity index (χ4v) is 4.20. The monoisotopic (exact) mass is 383 g/mol. The Morgan fingerprint density at radius 1 is 1.07 bits per heavy atom. The van der Waals surface area contributed by atoms with E-state index >= 15 is 0 Å². The molecule has 4 aromatic rings. The molecule has 6 heteroatoms. The molecule has 1 aliphatic carbocycles. The minimum absolute atomic E-state index is 0.0376. The maximum Gasteiger partial charge on any atom is 0.164 e. The molecule has 1 aliphatic rings. The van der Waals surface area contributed by atoms with E-state index in [1.54, 1.807) is 6.92 Å². The molecule has 144 valence electrons. The Labute approximate surface area is 168 Å². The minimum atomic E-state index is 0.0376. The van der Waals surface area contributed by atoms with Gasteiger partial charge in [-0.05, 0) is 37.3 Å². The van der Waals surface area contributed by atoms with E-state index in [0.717, 1.165) is 41.6 Å². The number of carbonyl (C=O) groups excluding carboxylic acids is 1. The third-order valence-corrected chi connectivity index (χ3v) is 5.75. The predicted octanol–water partition coefficient (Wildman–Crippen LogP) is 4.01. The predicted molar refractivity (Wildman–Crippen MR) is 113 cm³/mol. The van der Waals surface area contributed by atoms with Crippen LogP contribution < -0.4 is 5.73 Å². The van der Waals surface area contributed by atoms with Crippen molar-refractivity contribution in [2.45, 2.75) is 32.2 Å². The number of ketones is 1. The second-order valence-electron chi connectivity index (χ2n) is 7.55. The standard InChI is InChI=1S/C23H21N5O/c1-14(29)15-6-8-17(9-7-15)21-20-22(24)25-13-26-23(20)28(27-21)19-11-10-16-4-2-3-5-18(16)12-19/h2-9,13,19H,10-12H2,1H3,(H2,24,25,26). The molecule has 0 aliphatic heterocycles. The Morgan fingerprint density at radius 2 is 1.83 bits per heavy atom. The number of aromatic nitrogens is 4. The van der Waals surface area contributed by atoms with E-state index in [2.05, 4.69) is 34.2 Å². The second-order valence-corrected chi connectivity index (χ2v) is 7.55. The summed E-state index contributed by atoms with van der Waals surface area (Å²) in [6, 6.07) is 16.2. The number of hydrogen-bond donors (Lipinski definition) is 1. The van der Waals surface area contributed by atoms with Crippen LogP contribution in [0.2, 0.25) is 0 Å². The first-order valence-electron chi connectivity index (χ1n) is 9.78. The van der Waals surface area contributed by atoms with Gasteiger partial charge in [-0.2, -0.15) is 5.10 Å². The molecule has 2 N–H and O–H groups in total. The SMILES string of the molecule is CC(=O)c1ccc(-c2nn(C3CCc4ccccc4C3)c3ncnc(N)c23)cc1. The van der Waals surface area contributed by atoms with Crippen LogP contribution in [0, 0.1) is 0 Å². The van der Waals surface area contributed by atoms with Crippen LogP contribution in [-0.4, -0.2) is 25.5 Å². The average molecular weight is 383 g/mol. The molecule has 2 aromatic heterocycles. The summed E-state index contributed by atoms with van der Waals surface area (Å²) >= 11 is 0. The maximum atomic E-state index is 11.6. The smallest absolute Gasteiger partial charge is 0.164 e. The molecule has 6 nitrogen and oxygen atoms in total. The molecular formula is C23H21N5O. The van der Waals surface area contributed by atoms with E-state index < -0.39 is 0 Å². The lowest BCUT2D eigenvalue weighted by Gasteiger charge is -2.25. The maximum absolute atomic E-state index is 11.6. The number of carbonyl (C=O) groups is 1. The highest BCUT2D eigenvalue weighted by Crippen LogP contribution is 2.35. The van der Waals surface area contributed by atoms with Gasteiger partial charge in [0.2, 0.25) is 0 Å². The fraction of sp³-hybridized carbons (Fsp3) is 0.217. The van der Waals surface area contributed by atoms with Gasteiger partial charge in [0.15, 0.2) is 11.4 Å². The highest BCUT2D eigenvalue weighted by Gasteiger charge is 2.25. The first kappa shape index (κ1) is 17.6. The van der Waals surface area contributed by atoms with Crippen molar-refractivity contribution in [2.75, 3.05) is 5.73 Å². The van der Waals surface area contributed by atoms with Crippen LogP contribution in [0.5, 0.6) is 0 Å². The zero-order valence-corrected chi connectivity index (χ0v) is 16.2. The number of rotatable bonds is 3. The Hall–Kier alpha value is -3.54. The summed E-state index contributed by atoms with van der Waals surface area (Å²) < 4.78 is 2.01. The molecular weight excluding hydrogens is 362 g/mol. The number of nitrogens with zero attached hydrogens (tertiary/aromatic N) is 4. The molecule has 2 heterocycles. The topological polar surface area (TPSA) is 86.7 Å². The number of fused-ring (bicyclic) bond motifs is 2. The average Bonchev–Trinajstić information content (AvgIpc) is 3.14. The lowest BCUT2D eigenvalue weighted by Crippen LogP contribution is -2.20. The summed E-state index contributed by atoms with van der Waals surface area (Å²) in [5.74, 6) is 0.457. The first-order valence-corrected chi connectivity index (χ1v) is 9.78. The van der Waals surface area contributed by atoms with Gasteiger partial charge in [-0.1, -0.05) is 48.5 Å². The summed E-state index contributed by atoms with van der Waals surface area (Å²) in [4.78, 5) is 20.3. The van der Waals surface area contributed by atoms with Gasteiger partial charge in [-0.3, -0.25) is 4.79 Å². The molecule has 0 amide bonds.